The molecule has 0 unspecified atom stereocenters. The molecule has 9 heteroatoms. The Bertz CT molecular complexity index is 756. The van der Waals surface area contributed by atoms with Crippen LogP contribution in [0.4, 0.5) is 0 Å². The third-order valence-electron chi connectivity index (χ3n) is 4.55. The topological polar surface area (TPSA) is 93.7 Å². The molecule has 2 aliphatic heterocycles. The Labute approximate surface area is 137 Å². The number of amides is 2. The summed E-state index contributed by atoms with van der Waals surface area (Å²) in [5.74, 6) is 0.655. The van der Waals surface area contributed by atoms with Crippen LogP contribution in [0, 0.1) is 0 Å². The third kappa shape index (κ3) is 2.46. The van der Waals surface area contributed by atoms with Gasteiger partial charge in [-0.05, 0) is 0 Å². The van der Waals surface area contributed by atoms with Crippen molar-refractivity contribution in [3.63, 3.8) is 0 Å². The molecular formula is C15H17N5O4. The van der Waals surface area contributed by atoms with Crippen LogP contribution >= 0.6 is 0 Å². The number of carbonyl (C=O) groups excluding carboxylic acids is 2. The van der Waals surface area contributed by atoms with Gasteiger partial charge in [0.2, 0.25) is 11.7 Å². The van der Waals surface area contributed by atoms with E-state index in [-0.39, 0.29) is 36.3 Å². The summed E-state index contributed by atoms with van der Waals surface area (Å²) < 4.78 is 12.4. The van der Waals surface area contributed by atoms with Crippen LogP contribution in [0.1, 0.15) is 16.4 Å². The van der Waals surface area contributed by atoms with Crippen LogP contribution in [0.25, 0.3) is 0 Å². The maximum Gasteiger partial charge on any atom is 0.292 e. The fourth-order valence-corrected chi connectivity index (χ4v) is 3.22. The number of aromatic nitrogens is 3. The average molecular weight is 331 g/mol. The second kappa shape index (κ2) is 5.75. The molecule has 2 atom stereocenters. The Morgan fingerprint density at radius 1 is 1.38 bits per heavy atom. The first kappa shape index (κ1) is 14.9. The number of ether oxygens (including phenoxy) is 1. The molecular weight excluding hydrogens is 314 g/mol. The number of nitrogens with zero attached hydrogens (tertiary/aromatic N) is 5. The van der Waals surface area contributed by atoms with Crippen LogP contribution in [0.5, 0.6) is 0 Å². The number of hydrogen-bond acceptors (Lipinski definition) is 6. The van der Waals surface area contributed by atoms with Crippen molar-refractivity contribution in [3.8, 4) is 0 Å². The Hall–Kier alpha value is -2.68. The lowest BCUT2D eigenvalue weighted by Gasteiger charge is -2.36. The molecule has 0 spiro atoms. The lowest BCUT2D eigenvalue weighted by atomic mass is 10.1. The molecule has 2 aliphatic rings. The Morgan fingerprint density at radius 3 is 2.96 bits per heavy atom. The Kier molecular flexibility index (Phi) is 3.57. The van der Waals surface area contributed by atoms with Gasteiger partial charge in [0.1, 0.15) is 12.4 Å². The normalized spacial score (nSPS) is 23.6. The summed E-state index contributed by atoms with van der Waals surface area (Å²) in [6, 6.07) is 1.34. The standard InChI is InChI=1S/C15H17N5O4/c1-18-5-4-16-13(18)8-20-10-6-19(7-12(10)23-9-14(20)21)15(22)11-2-3-17-24-11/h2-5,10,12H,6-9H2,1H3/t10-,12+/m1/s1. The first-order valence-corrected chi connectivity index (χ1v) is 7.70. The number of carbonyl (C=O) groups is 2. The van der Waals surface area contributed by atoms with Crippen molar-refractivity contribution in [1.82, 2.24) is 24.5 Å². The summed E-state index contributed by atoms with van der Waals surface area (Å²) in [6.45, 7) is 1.25. The number of hydrogen-bond donors (Lipinski definition) is 0. The molecule has 2 saturated heterocycles. The van der Waals surface area contributed by atoms with Gasteiger partial charge in [-0.2, -0.15) is 0 Å². The quantitative estimate of drug-likeness (QED) is 0.764. The van der Waals surface area contributed by atoms with Crippen LogP contribution in [0.2, 0.25) is 0 Å². The zero-order valence-corrected chi connectivity index (χ0v) is 13.2. The van der Waals surface area contributed by atoms with Crippen molar-refractivity contribution in [2.75, 3.05) is 19.7 Å². The van der Waals surface area contributed by atoms with Crippen molar-refractivity contribution in [2.24, 2.45) is 7.05 Å². The highest BCUT2D eigenvalue weighted by Gasteiger charge is 2.45. The van der Waals surface area contributed by atoms with E-state index in [4.69, 9.17) is 9.26 Å². The van der Waals surface area contributed by atoms with E-state index in [1.165, 1.54) is 12.3 Å². The first-order chi connectivity index (χ1) is 11.6. The predicted octanol–water partition coefficient (Wildman–Crippen LogP) is -0.340. The summed E-state index contributed by atoms with van der Waals surface area (Å²) >= 11 is 0. The molecule has 2 aromatic rings. The summed E-state index contributed by atoms with van der Waals surface area (Å²) in [5.41, 5.74) is 0. The fourth-order valence-electron chi connectivity index (χ4n) is 3.22. The minimum atomic E-state index is -0.241. The summed E-state index contributed by atoms with van der Waals surface area (Å²) in [4.78, 5) is 32.4. The molecule has 0 bridgehead atoms. The van der Waals surface area contributed by atoms with Gasteiger partial charge in [-0.1, -0.05) is 5.16 Å². The van der Waals surface area contributed by atoms with Crippen molar-refractivity contribution < 1.29 is 18.8 Å². The molecule has 0 radical (unpaired) electrons. The van der Waals surface area contributed by atoms with E-state index in [1.807, 2.05) is 17.8 Å². The lowest BCUT2D eigenvalue weighted by Crippen LogP contribution is -2.53. The number of fused-ring (bicyclic) bond motifs is 1. The van der Waals surface area contributed by atoms with E-state index in [0.717, 1.165) is 5.82 Å². The maximum absolute atomic E-state index is 12.4. The largest absolute Gasteiger partial charge is 0.364 e. The van der Waals surface area contributed by atoms with Gasteiger partial charge < -0.3 is 23.6 Å². The molecule has 126 valence electrons. The van der Waals surface area contributed by atoms with Gasteiger partial charge in [-0.25, -0.2) is 4.98 Å². The van der Waals surface area contributed by atoms with Crippen LogP contribution in [-0.2, 0) is 23.1 Å². The van der Waals surface area contributed by atoms with E-state index in [9.17, 15) is 9.59 Å². The molecule has 2 amide bonds. The van der Waals surface area contributed by atoms with Crippen LogP contribution in [-0.4, -0.2) is 68.2 Å². The minimum absolute atomic E-state index is 0.0237. The smallest absolute Gasteiger partial charge is 0.292 e. The van der Waals surface area contributed by atoms with Crippen molar-refractivity contribution in [3.05, 3.63) is 36.2 Å². The van der Waals surface area contributed by atoms with Gasteiger partial charge in [0.05, 0.1) is 24.9 Å². The second-order valence-corrected chi connectivity index (χ2v) is 5.98. The van der Waals surface area contributed by atoms with Gasteiger partial charge in [0.15, 0.2) is 0 Å². The monoisotopic (exact) mass is 331 g/mol. The highest BCUT2D eigenvalue weighted by Crippen LogP contribution is 2.26. The average Bonchev–Trinajstić information content (AvgIpc) is 3.30. The number of likely N-dealkylation sites (tertiary alicyclic amines) is 1. The Balaban J connectivity index is 1.53. The molecule has 9 nitrogen and oxygen atoms in total. The fraction of sp³-hybridized carbons (Fsp3) is 0.467. The van der Waals surface area contributed by atoms with Gasteiger partial charge in [0.25, 0.3) is 5.91 Å². The van der Waals surface area contributed by atoms with E-state index < -0.39 is 0 Å². The maximum atomic E-state index is 12.4. The summed E-state index contributed by atoms with van der Waals surface area (Å²) in [7, 11) is 1.89. The number of morpholine rings is 1. The molecule has 0 aromatic carbocycles. The molecule has 0 N–H and O–H groups in total. The third-order valence-corrected chi connectivity index (χ3v) is 4.55. The zero-order chi connectivity index (χ0) is 16.7. The highest BCUT2D eigenvalue weighted by molar-refractivity contribution is 5.91. The molecule has 0 saturated carbocycles. The number of rotatable bonds is 3. The van der Waals surface area contributed by atoms with Crippen molar-refractivity contribution in [2.45, 2.75) is 18.7 Å². The van der Waals surface area contributed by atoms with Gasteiger partial charge in [-0.3, -0.25) is 9.59 Å². The van der Waals surface area contributed by atoms with Crippen LogP contribution in [0.3, 0.4) is 0 Å². The molecule has 2 fully saturated rings. The molecule has 24 heavy (non-hydrogen) atoms. The van der Waals surface area contributed by atoms with Gasteiger partial charge in [-0.15, -0.1) is 0 Å². The van der Waals surface area contributed by atoms with Crippen molar-refractivity contribution in [1.29, 1.82) is 0 Å². The Morgan fingerprint density at radius 2 is 2.25 bits per heavy atom. The SMILES string of the molecule is Cn1ccnc1CN1C(=O)CO[C@H]2CN(C(=O)c3ccno3)C[C@H]21. The van der Waals surface area contributed by atoms with E-state index in [0.29, 0.717) is 19.6 Å². The van der Waals surface area contributed by atoms with E-state index >= 15 is 0 Å². The second-order valence-electron chi connectivity index (χ2n) is 5.98. The molecule has 4 rings (SSSR count). The van der Waals surface area contributed by atoms with Crippen molar-refractivity contribution >= 4 is 11.8 Å². The van der Waals surface area contributed by atoms with Crippen LogP contribution < -0.4 is 0 Å². The highest BCUT2D eigenvalue weighted by atomic mass is 16.5. The summed E-state index contributed by atoms with van der Waals surface area (Å²) in [5, 5.41) is 3.56. The van der Waals surface area contributed by atoms with E-state index in [1.54, 1.807) is 16.0 Å². The lowest BCUT2D eigenvalue weighted by molar-refractivity contribution is -0.154. The first-order valence-electron chi connectivity index (χ1n) is 7.70. The molecule has 4 heterocycles. The molecule has 2 aromatic heterocycles. The van der Waals surface area contributed by atoms with Gasteiger partial charge >= 0.3 is 0 Å². The molecule has 0 aliphatic carbocycles. The number of aryl methyl sites for hydroxylation is 1. The number of imidazole rings is 1. The van der Waals surface area contributed by atoms with Crippen LogP contribution in [0.15, 0.2) is 29.2 Å². The van der Waals surface area contributed by atoms with Gasteiger partial charge in [0, 0.05) is 38.6 Å². The predicted molar refractivity (Wildman–Crippen MR) is 79.7 cm³/mol. The minimum Gasteiger partial charge on any atom is -0.364 e. The zero-order valence-electron chi connectivity index (χ0n) is 13.2. The van der Waals surface area contributed by atoms with E-state index in [2.05, 4.69) is 10.1 Å². The summed E-state index contributed by atoms with van der Waals surface area (Å²) in [6.07, 6.45) is 4.77.